The summed E-state index contributed by atoms with van der Waals surface area (Å²) in [6.07, 6.45) is 0.986. The average Bonchev–Trinajstić information content (AvgIpc) is 2.55. The minimum atomic E-state index is -0.350. The monoisotopic (exact) mass is 340 g/mol. The number of methoxy groups -OCH3 is 1. The molecule has 25 heavy (non-hydrogen) atoms. The van der Waals surface area contributed by atoms with E-state index in [0.29, 0.717) is 18.5 Å². The maximum absolute atomic E-state index is 12.6. The fourth-order valence-corrected chi connectivity index (χ4v) is 3.22. The number of amides is 1. The van der Waals surface area contributed by atoms with E-state index < -0.39 is 0 Å². The van der Waals surface area contributed by atoms with Crippen molar-refractivity contribution in [2.75, 3.05) is 12.8 Å². The van der Waals surface area contributed by atoms with E-state index in [4.69, 9.17) is 15.2 Å². The lowest BCUT2D eigenvalue weighted by molar-refractivity contribution is -0.121. The van der Waals surface area contributed by atoms with Crippen LogP contribution in [-0.2, 0) is 11.2 Å². The Kier molecular flexibility index (Phi) is 4.57. The molecular weight excluding hydrogens is 316 g/mol. The number of nitrogens with one attached hydrogen (secondary N) is 1. The van der Waals surface area contributed by atoms with Crippen LogP contribution in [0.2, 0.25) is 0 Å². The third-order valence-corrected chi connectivity index (χ3v) is 4.33. The first kappa shape index (κ1) is 17.1. The van der Waals surface area contributed by atoms with Gasteiger partial charge in [-0.2, -0.15) is 0 Å². The van der Waals surface area contributed by atoms with Crippen LogP contribution in [-0.4, -0.2) is 18.6 Å². The van der Waals surface area contributed by atoms with Gasteiger partial charge in [-0.3, -0.25) is 4.79 Å². The zero-order chi connectivity index (χ0) is 18.0. The lowest BCUT2D eigenvalue weighted by Crippen LogP contribution is -2.41. The Morgan fingerprint density at radius 2 is 2.12 bits per heavy atom. The van der Waals surface area contributed by atoms with Crippen LogP contribution < -0.4 is 20.5 Å². The van der Waals surface area contributed by atoms with Crippen molar-refractivity contribution in [1.29, 1.82) is 0 Å². The minimum absolute atomic E-state index is 0.0377. The van der Waals surface area contributed by atoms with Crippen molar-refractivity contribution in [3.05, 3.63) is 53.6 Å². The highest BCUT2D eigenvalue weighted by molar-refractivity contribution is 5.79. The van der Waals surface area contributed by atoms with E-state index in [1.165, 1.54) is 0 Å². The number of anilines is 1. The summed E-state index contributed by atoms with van der Waals surface area (Å²) in [4.78, 5) is 12.6. The van der Waals surface area contributed by atoms with Crippen molar-refractivity contribution in [1.82, 2.24) is 5.32 Å². The molecule has 1 amide bonds. The van der Waals surface area contributed by atoms with Gasteiger partial charge in [0.2, 0.25) is 5.91 Å². The summed E-state index contributed by atoms with van der Waals surface area (Å²) in [5.74, 6) is 1.48. The maximum atomic E-state index is 12.6. The average molecular weight is 340 g/mol. The molecule has 0 saturated carbocycles. The van der Waals surface area contributed by atoms with Crippen LogP contribution in [0.15, 0.2) is 42.5 Å². The van der Waals surface area contributed by atoms with Crippen molar-refractivity contribution < 1.29 is 14.3 Å². The Balaban J connectivity index is 1.77. The Hall–Kier alpha value is -2.69. The molecular formula is C20H24N2O3. The molecule has 0 aliphatic carbocycles. The van der Waals surface area contributed by atoms with Crippen LogP contribution >= 0.6 is 0 Å². The van der Waals surface area contributed by atoms with Crippen LogP contribution in [0.1, 0.15) is 37.4 Å². The topological polar surface area (TPSA) is 73.6 Å². The molecule has 1 atom stereocenters. The second-order valence-corrected chi connectivity index (χ2v) is 7.01. The number of ether oxygens (including phenoxy) is 2. The summed E-state index contributed by atoms with van der Waals surface area (Å²) < 4.78 is 11.2. The smallest absolute Gasteiger partial charge is 0.224 e. The highest BCUT2D eigenvalue weighted by atomic mass is 16.5. The summed E-state index contributed by atoms with van der Waals surface area (Å²) >= 11 is 0. The van der Waals surface area contributed by atoms with Gasteiger partial charge in [0.25, 0.3) is 0 Å². The summed E-state index contributed by atoms with van der Waals surface area (Å²) in [7, 11) is 1.62. The van der Waals surface area contributed by atoms with Crippen molar-refractivity contribution >= 4 is 11.6 Å². The molecule has 5 nitrogen and oxygen atoms in total. The summed E-state index contributed by atoms with van der Waals surface area (Å²) in [5, 5.41) is 3.13. The minimum Gasteiger partial charge on any atom is -0.497 e. The van der Waals surface area contributed by atoms with E-state index in [1.807, 2.05) is 56.3 Å². The number of fused-ring (bicyclic) bond motifs is 1. The Morgan fingerprint density at radius 1 is 1.32 bits per heavy atom. The van der Waals surface area contributed by atoms with E-state index in [2.05, 4.69) is 5.32 Å². The predicted molar refractivity (Wildman–Crippen MR) is 97.8 cm³/mol. The zero-order valence-corrected chi connectivity index (χ0v) is 14.8. The molecule has 1 aliphatic rings. The van der Waals surface area contributed by atoms with Gasteiger partial charge in [-0.25, -0.2) is 0 Å². The van der Waals surface area contributed by atoms with E-state index in [-0.39, 0.29) is 17.6 Å². The van der Waals surface area contributed by atoms with Crippen LogP contribution in [0.5, 0.6) is 11.5 Å². The number of hydrogen-bond donors (Lipinski definition) is 2. The van der Waals surface area contributed by atoms with E-state index in [0.717, 1.165) is 22.6 Å². The summed E-state index contributed by atoms with van der Waals surface area (Å²) in [6, 6.07) is 13.0. The predicted octanol–water partition coefficient (Wildman–Crippen LogP) is 3.24. The van der Waals surface area contributed by atoms with Gasteiger partial charge >= 0.3 is 0 Å². The van der Waals surface area contributed by atoms with Gasteiger partial charge in [-0.1, -0.05) is 12.1 Å². The normalized spacial score (nSPS) is 18.0. The summed E-state index contributed by atoms with van der Waals surface area (Å²) in [5.41, 5.74) is 8.07. The summed E-state index contributed by atoms with van der Waals surface area (Å²) in [6.45, 7) is 4.04. The fourth-order valence-electron chi connectivity index (χ4n) is 3.22. The second-order valence-electron chi connectivity index (χ2n) is 7.01. The molecule has 2 aromatic carbocycles. The second kappa shape index (κ2) is 6.67. The number of rotatable bonds is 4. The standard InChI is InChI=1S/C20H24N2O3/c1-20(2)12-17(16-11-14(21)7-8-18(16)25-20)22-19(23)10-13-5-4-6-15(9-13)24-3/h4-9,11,17H,10,12,21H2,1-3H3,(H,22,23). The van der Waals surface area contributed by atoms with Crippen LogP contribution in [0, 0.1) is 0 Å². The third kappa shape index (κ3) is 4.05. The molecule has 1 aliphatic heterocycles. The molecule has 0 spiro atoms. The quantitative estimate of drug-likeness (QED) is 0.838. The molecule has 0 radical (unpaired) electrons. The Labute approximate surface area is 148 Å². The molecule has 0 aromatic heterocycles. The van der Waals surface area contributed by atoms with Gasteiger partial charge in [0.1, 0.15) is 17.1 Å². The molecule has 0 bridgehead atoms. The fraction of sp³-hybridized carbons (Fsp3) is 0.350. The molecule has 5 heteroatoms. The molecule has 2 aromatic rings. The molecule has 1 unspecified atom stereocenters. The number of carbonyl (C=O) groups excluding carboxylic acids is 1. The Bertz CT molecular complexity index is 786. The van der Waals surface area contributed by atoms with E-state index in [1.54, 1.807) is 7.11 Å². The molecule has 3 rings (SSSR count). The first-order valence-electron chi connectivity index (χ1n) is 8.37. The van der Waals surface area contributed by atoms with Crippen LogP contribution in [0.3, 0.4) is 0 Å². The van der Waals surface area contributed by atoms with Gasteiger partial charge in [0.05, 0.1) is 19.6 Å². The largest absolute Gasteiger partial charge is 0.497 e. The van der Waals surface area contributed by atoms with Crippen molar-refractivity contribution in [2.24, 2.45) is 0 Å². The van der Waals surface area contributed by atoms with Crippen LogP contribution in [0.25, 0.3) is 0 Å². The number of nitrogens with two attached hydrogens (primary N) is 1. The third-order valence-electron chi connectivity index (χ3n) is 4.33. The number of carbonyl (C=O) groups is 1. The Morgan fingerprint density at radius 3 is 2.88 bits per heavy atom. The molecule has 132 valence electrons. The van der Waals surface area contributed by atoms with Gasteiger partial charge in [-0.15, -0.1) is 0 Å². The highest BCUT2D eigenvalue weighted by Crippen LogP contribution is 2.40. The van der Waals surface area contributed by atoms with Gasteiger partial charge in [0.15, 0.2) is 0 Å². The maximum Gasteiger partial charge on any atom is 0.224 e. The lowest BCUT2D eigenvalue weighted by atomic mass is 9.89. The highest BCUT2D eigenvalue weighted by Gasteiger charge is 2.34. The number of hydrogen-bond acceptors (Lipinski definition) is 4. The molecule has 0 fully saturated rings. The molecule has 3 N–H and O–H groups in total. The SMILES string of the molecule is COc1cccc(CC(=O)NC2CC(C)(C)Oc3ccc(N)cc32)c1. The van der Waals surface area contributed by atoms with E-state index in [9.17, 15) is 4.79 Å². The van der Waals surface area contributed by atoms with Gasteiger partial charge in [0, 0.05) is 17.7 Å². The van der Waals surface area contributed by atoms with E-state index >= 15 is 0 Å². The first-order chi connectivity index (χ1) is 11.9. The van der Waals surface area contributed by atoms with Crippen molar-refractivity contribution in [3.8, 4) is 11.5 Å². The van der Waals surface area contributed by atoms with Crippen molar-refractivity contribution in [2.45, 2.75) is 38.3 Å². The number of nitrogen functional groups attached to an aromatic ring is 1. The lowest BCUT2D eigenvalue weighted by Gasteiger charge is -2.38. The zero-order valence-electron chi connectivity index (χ0n) is 14.8. The van der Waals surface area contributed by atoms with Crippen molar-refractivity contribution in [3.63, 3.8) is 0 Å². The molecule has 1 heterocycles. The molecule has 0 saturated heterocycles. The first-order valence-corrected chi connectivity index (χ1v) is 8.37. The van der Waals surface area contributed by atoms with Crippen LogP contribution in [0.4, 0.5) is 5.69 Å². The van der Waals surface area contributed by atoms with Gasteiger partial charge < -0.3 is 20.5 Å². The number of benzene rings is 2. The van der Waals surface area contributed by atoms with Gasteiger partial charge in [-0.05, 0) is 49.7 Å².